The van der Waals surface area contributed by atoms with E-state index >= 15 is 0 Å². The Hall–Kier alpha value is -2.84. The molecule has 0 fully saturated rings. The van der Waals surface area contributed by atoms with Crippen LogP contribution < -0.4 is 14.6 Å². The molecular formula is C22H23N5O3S2. The molecule has 0 unspecified atom stereocenters. The smallest absolute Gasteiger partial charge is 0.274 e. The summed E-state index contributed by atoms with van der Waals surface area (Å²) >= 11 is 1.43. The summed E-state index contributed by atoms with van der Waals surface area (Å²) in [5.74, 6) is 0.543. The Kier molecular flexibility index (Phi) is 6.26. The van der Waals surface area contributed by atoms with Crippen LogP contribution in [0.1, 0.15) is 49.4 Å². The minimum absolute atomic E-state index is 0.0297. The molecule has 166 valence electrons. The molecule has 0 saturated heterocycles. The molecule has 1 heterocycles. The molecule has 1 atom stereocenters. The van der Waals surface area contributed by atoms with Gasteiger partial charge in [-0.05, 0) is 62.4 Å². The summed E-state index contributed by atoms with van der Waals surface area (Å²) < 4.78 is 31.4. The van der Waals surface area contributed by atoms with Gasteiger partial charge in [-0.25, -0.2) is 5.14 Å². The summed E-state index contributed by atoms with van der Waals surface area (Å²) in [6.45, 7) is 3.82. The number of nitriles is 1. The summed E-state index contributed by atoms with van der Waals surface area (Å²) in [4.78, 5) is 0. The molecule has 1 aliphatic rings. The number of nitrogens with zero attached hydrogens (tertiary/aromatic N) is 3. The second kappa shape index (κ2) is 8.96. The molecular weight excluding hydrogens is 446 g/mol. The summed E-state index contributed by atoms with van der Waals surface area (Å²) in [6.07, 6.45) is 2.32. The number of benzene rings is 2. The quantitative estimate of drug-likeness (QED) is 0.566. The molecule has 32 heavy (non-hydrogen) atoms. The van der Waals surface area contributed by atoms with Crippen LogP contribution in [0.3, 0.4) is 0 Å². The first-order valence-corrected chi connectivity index (χ1v) is 12.6. The highest BCUT2D eigenvalue weighted by molar-refractivity contribution is 7.87. The summed E-state index contributed by atoms with van der Waals surface area (Å²) in [5.41, 5.74) is 4.15. The standard InChI is InChI=1S/C22H23N5O3S2/c1-13(2)30-20-10-9-14(11-15(20)12-23)21-25-26-22(31-21)18-7-3-6-17-16(18)5-4-8-19(17)27-32(24,28)29/h3,6-7,9-11,13,19,27H,4-5,8H2,1-2H3,(H2,24,28,29)/t19-/m0/s1. The largest absolute Gasteiger partial charge is 0.490 e. The molecule has 0 radical (unpaired) electrons. The molecule has 0 spiro atoms. The number of ether oxygens (including phenoxy) is 1. The third kappa shape index (κ3) is 4.81. The highest BCUT2D eigenvalue weighted by Crippen LogP contribution is 2.39. The van der Waals surface area contributed by atoms with Gasteiger partial charge in [-0.3, -0.25) is 0 Å². The number of nitrogens with one attached hydrogen (secondary N) is 1. The zero-order valence-electron chi connectivity index (χ0n) is 17.7. The first-order valence-electron chi connectivity index (χ1n) is 10.2. The number of fused-ring (bicyclic) bond motifs is 1. The lowest BCUT2D eigenvalue weighted by molar-refractivity contribution is 0.242. The number of aromatic nitrogens is 2. The minimum atomic E-state index is -3.81. The van der Waals surface area contributed by atoms with Crippen molar-refractivity contribution in [1.82, 2.24) is 14.9 Å². The van der Waals surface area contributed by atoms with Gasteiger partial charge in [0.1, 0.15) is 21.8 Å². The Bertz CT molecular complexity index is 1300. The van der Waals surface area contributed by atoms with E-state index in [0.717, 1.165) is 40.1 Å². The average Bonchev–Trinajstić information content (AvgIpc) is 3.22. The first-order chi connectivity index (χ1) is 15.2. The first kappa shape index (κ1) is 22.4. The van der Waals surface area contributed by atoms with Gasteiger partial charge in [-0.1, -0.05) is 29.5 Å². The maximum Gasteiger partial charge on any atom is 0.274 e. The lowest BCUT2D eigenvalue weighted by Gasteiger charge is -2.26. The van der Waals surface area contributed by atoms with Crippen LogP contribution in [-0.2, 0) is 16.6 Å². The highest BCUT2D eigenvalue weighted by Gasteiger charge is 2.26. The number of rotatable bonds is 6. The van der Waals surface area contributed by atoms with Crippen LogP contribution >= 0.6 is 11.3 Å². The molecule has 0 amide bonds. The Morgan fingerprint density at radius 3 is 2.75 bits per heavy atom. The van der Waals surface area contributed by atoms with E-state index in [-0.39, 0.29) is 12.1 Å². The van der Waals surface area contributed by atoms with Crippen molar-refractivity contribution in [2.24, 2.45) is 5.14 Å². The lowest BCUT2D eigenvalue weighted by Crippen LogP contribution is -2.35. The number of hydrogen-bond acceptors (Lipinski definition) is 7. The topological polar surface area (TPSA) is 131 Å². The van der Waals surface area contributed by atoms with E-state index in [1.54, 1.807) is 12.1 Å². The number of hydrogen-bond donors (Lipinski definition) is 2. The molecule has 0 bridgehead atoms. The molecule has 4 rings (SSSR count). The predicted molar refractivity (Wildman–Crippen MR) is 123 cm³/mol. The maximum absolute atomic E-state index is 11.6. The Balaban J connectivity index is 1.68. The van der Waals surface area contributed by atoms with Crippen LogP contribution in [0.4, 0.5) is 0 Å². The van der Waals surface area contributed by atoms with E-state index in [1.807, 2.05) is 38.1 Å². The van der Waals surface area contributed by atoms with Crippen molar-refractivity contribution in [3.05, 3.63) is 53.1 Å². The molecule has 3 N–H and O–H groups in total. The van der Waals surface area contributed by atoms with Crippen molar-refractivity contribution in [2.45, 2.75) is 45.3 Å². The normalized spacial score (nSPS) is 15.9. The summed E-state index contributed by atoms with van der Waals surface area (Å²) in [6, 6.07) is 13.0. The molecule has 8 nitrogen and oxygen atoms in total. The second-order valence-electron chi connectivity index (χ2n) is 7.88. The minimum Gasteiger partial charge on any atom is -0.490 e. The van der Waals surface area contributed by atoms with Crippen molar-refractivity contribution >= 4 is 21.5 Å². The molecule has 3 aromatic rings. The van der Waals surface area contributed by atoms with Gasteiger partial charge in [0.05, 0.1) is 11.7 Å². The summed E-state index contributed by atoms with van der Waals surface area (Å²) in [5, 5.41) is 24.9. The molecule has 0 saturated carbocycles. The van der Waals surface area contributed by atoms with E-state index in [1.165, 1.54) is 11.3 Å². The fourth-order valence-electron chi connectivity index (χ4n) is 3.93. The second-order valence-corrected chi connectivity index (χ2v) is 10.2. The van der Waals surface area contributed by atoms with Crippen molar-refractivity contribution in [3.63, 3.8) is 0 Å². The van der Waals surface area contributed by atoms with Crippen molar-refractivity contribution in [1.29, 1.82) is 5.26 Å². The predicted octanol–water partition coefficient (Wildman–Crippen LogP) is 3.70. The molecule has 0 aliphatic heterocycles. The zero-order valence-corrected chi connectivity index (χ0v) is 19.3. The van der Waals surface area contributed by atoms with Crippen LogP contribution in [0.5, 0.6) is 5.75 Å². The maximum atomic E-state index is 11.6. The summed E-state index contributed by atoms with van der Waals surface area (Å²) in [7, 11) is -3.81. The molecule has 10 heteroatoms. The van der Waals surface area contributed by atoms with Gasteiger partial charge < -0.3 is 4.74 Å². The van der Waals surface area contributed by atoms with E-state index < -0.39 is 10.2 Å². The Morgan fingerprint density at radius 2 is 2.03 bits per heavy atom. The van der Waals surface area contributed by atoms with Crippen molar-refractivity contribution < 1.29 is 13.2 Å². The van der Waals surface area contributed by atoms with Gasteiger partial charge in [-0.15, -0.1) is 10.2 Å². The van der Waals surface area contributed by atoms with Gasteiger partial charge in [0, 0.05) is 17.2 Å². The molecule has 1 aliphatic carbocycles. The fourth-order valence-corrected chi connectivity index (χ4v) is 5.46. The van der Waals surface area contributed by atoms with Crippen LogP contribution in [0.25, 0.3) is 21.1 Å². The monoisotopic (exact) mass is 469 g/mol. The molecule has 1 aromatic heterocycles. The lowest BCUT2D eigenvalue weighted by atomic mass is 9.85. The van der Waals surface area contributed by atoms with Crippen LogP contribution in [0, 0.1) is 11.3 Å². The SMILES string of the molecule is CC(C)Oc1ccc(-c2nnc(-c3cccc4c3CCC[C@@H]4NS(N)(=O)=O)s2)cc1C#N. The van der Waals surface area contributed by atoms with Gasteiger partial charge >= 0.3 is 0 Å². The van der Waals surface area contributed by atoms with Crippen LogP contribution in [0.2, 0.25) is 0 Å². The van der Waals surface area contributed by atoms with E-state index in [0.29, 0.717) is 22.7 Å². The van der Waals surface area contributed by atoms with Crippen LogP contribution in [0.15, 0.2) is 36.4 Å². The van der Waals surface area contributed by atoms with Gasteiger partial charge in [0.15, 0.2) is 0 Å². The van der Waals surface area contributed by atoms with Crippen molar-refractivity contribution in [3.8, 4) is 33.0 Å². The van der Waals surface area contributed by atoms with Crippen molar-refractivity contribution in [2.75, 3.05) is 0 Å². The third-order valence-electron chi connectivity index (χ3n) is 5.18. The van der Waals surface area contributed by atoms with E-state index in [9.17, 15) is 13.7 Å². The fraction of sp³-hybridized carbons (Fsp3) is 0.318. The van der Waals surface area contributed by atoms with Gasteiger partial charge in [0.25, 0.3) is 10.2 Å². The average molecular weight is 470 g/mol. The van der Waals surface area contributed by atoms with E-state index in [2.05, 4.69) is 21.0 Å². The zero-order chi connectivity index (χ0) is 22.9. The molecule has 2 aromatic carbocycles. The van der Waals surface area contributed by atoms with Gasteiger partial charge in [-0.2, -0.15) is 18.4 Å². The number of nitrogens with two attached hydrogens (primary N) is 1. The van der Waals surface area contributed by atoms with Gasteiger partial charge in [0.2, 0.25) is 0 Å². The third-order valence-corrected chi connectivity index (χ3v) is 6.80. The van der Waals surface area contributed by atoms with Crippen LogP contribution in [-0.4, -0.2) is 24.7 Å². The Labute approximate surface area is 191 Å². The Morgan fingerprint density at radius 1 is 1.25 bits per heavy atom. The van der Waals surface area contributed by atoms with E-state index in [4.69, 9.17) is 9.88 Å². The highest BCUT2D eigenvalue weighted by atomic mass is 32.2.